The zero-order valence-corrected chi connectivity index (χ0v) is 26.9. The molecular formula is C32H39N9O3S. The maximum Gasteiger partial charge on any atom is 0.319 e. The van der Waals surface area contributed by atoms with Crippen molar-refractivity contribution in [2.75, 3.05) is 43.9 Å². The van der Waals surface area contributed by atoms with E-state index in [1.807, 2.05) is 20.0 Å². The topological polar surface area (TPSA) is 160 Å². The van der Waals surface area contributed by atoms with Gasteiger partial charge in [0.15, 0.2) is 0 Å². The van der Waals surface area contributed by atoms with Gasteiger partial charge in [-0.05, 0) is 57.4 Å². The van der Waals surface area contributed by atoms with Gasteiger partial charge in [0.25, 0.3) is 0 Å². The molecule has 1 saturated carbocycles. The van der Waals surface area contributed by atoms with E-state index in [9.17, 15) is 10.1 Å². The molecule has 13 heteroatoms. The molecule has 2 unspecified atom stereocenters. The lowest BCUT2D eigenvalue weighted by molar-refractivity contribution is -0.126. The molecule has 2 aliphatic carbocycles. The Morgan fingerprint density at radius 3 is 2.82 bits per heavy atom. The molecule has 6 rings (SSSR count). The molecule has 0 spiro atoms. The molecule has 236 valence electrons. The molecule has 3 aromatic rings. The monoisotopic (exact) mass is 629 g/mol. The van der Waals surface area contributed by atoms with Crippen LogP contribution < -0.4 is 15.4 Å². The lowest BCUT2D eigenvalue weighted by Crippen LogP contribution is -2.48. The average molecular weight is 630 g/mol. The second kappa shape index (κ2) is 12.6. The Labute approximate surface area is 267 Å². The van der Waals surface area contributed by atoms with Gasteiger partial charge >= 0.3 is 6.01 Å². The van der Waals surface area contributed by atoms with Crippen molar-refractivity contribution < 1.29 is 14.1 Å². The number of hydrogen-bond acceptors (Lipinski definition) is 12. The van der Waals surface area contributed by atoms with Crippen LogP contribution in [0.1, 0.15) is 74.3 Å². The largest absolute Gasteiger partial charge is 0.460 e. The van der Waals surface area contributed by atoms with E-state index in [0.717, 1.165) is 61.1 Å². The molecule has 1 saturated heterocycles. The first-order valence-corrected chi connectivity index (χ1v) is 16.4. The van der Waals surface area contributed by atoms with E-state index in [2.05, 4.69) is 34.6 Å². The summed E-state index contributed by atoms with van der Waals surface area (Å²) in [5.41, 5.74) is 8.60. The highest BCUT2D eigenvalue weighted by Gasteiger charge is 2.43. The molecule has 3 aliphatic rings. The van der Waals surface area contributed by atoms with Crippen LogP contribution in [0.15, 0.2) is 28.2 Å². The van der Waals surface area contributed by atoms with Crippen molar-refractivity contribution in [1.29, 1.82) is 5.26 Å². The van der Waals surface area contributed by atoms with Gasteiger partial charge in [-0.3, -0.25) is 9.79 Å². The van der Waals surface area contributed by atoms with Crippen LogP contribution >= 0.6 is 11.3 Å². The Bertz CT molecular complexity index is 1670. The molecule has 0 bridgehead atoms. The lowest BCUT2D eigenvalue weighted by Gasteiger charge is -2.35. The number of nitrogen functional groups attached to an aromatic ring is 1. The molecule has 1 amide bonds. The number of aliphatic imine (C=N–C) groups is 1. The Hall–Kier alpha value is -4.31. The lowest BCUT2D eigenvalue weighted by atomic mass is 9.72. The Kier molecular flexibility index (Phi) is 8.59. The van der Waals surface area contributed by atoms with Crippen LogP contribution in [0.25, 0.3) is 11.5 Å². The third-order valence-corrected chi connectivity index (χ3v) is 10.4. The molecule has 3 atom stereocenters. The molecule has 2 N–H and O–H groups in total. The first kappa shape index (κ1) is 30.7. The van der Waals surface area contributed by atoms with Crippen LogP contribution in [0.5, 0.6) is 6.01 Å². The fraction of sp³-hybridized carbons (Fsp3) is 0.531. The van der Waals surface area contributed by atoms with Crippen LogP contribution in [-0.4, -0.2) is 76.0 Å². The number of ether oxygens (including phenoxy) is 1. The van der Waals surface area contributed by atoms with Crippen LogP contribution in [0.4, 0.5) is 10.8 Å². The molecule has 3 aromatic heterocycles. The molecule has 0 aromatic carbocycles. The van der Waals surface area contributed by atoms with Crippen molar-refractivity contribution >= 4 is 33.8 Å². The molecule has 0 radical (unpaired) electrons. The number of nitrogens with zero attached hydrogens (tertiary/aromatic N) is 8. The number of nitrogens with two attached hydrogens (primary N) is 1. The summed E-state index contributed by atoms with van der Waals surface area (Å²) in [4.78, 5) is 36.1. The average Bonchev–Trinajstić information content (AvgIpc) is 3.63. The second-order valence-corrected chi connectivity index (χ2v) is 13.5. The zero-order valence-electron chi connectivity index (χ0n) is 26.1. The Morgan fingerprint density at radius 2 is 2.09 bits per heavy atom. The number of rotatable bonds is 6. The van der Waals surface area contributed by atoms with Gasteiger partial charge in [0.1, 0.15) is 28.7 Å². The summed E-state index contributed by atoms with van der Waals surface area (Å²) in [5.74, 6) is 1.82. The number of aryl methyl sites for hydroxylation is 1. The van der Waals surface area contributed by atoms with E-state index in [-0.39, 0.29) is 18.0 Å². The Morgan fingerprint density at radius 1 is 1.29 bits per heavy atom. The standard InChI is InChI=1S/C32H39N9O3S/c1-5-26(42)41-13-11-40(12-14-41)25-17-23(36-31(37-25)43-21-15-19(2)8-9-20(16-21)35-4)29-38-30(44-39-29)32(3)10-6-7-24-27(32)22(18-33)28(34)45-24/h5,17,19,21H,1,6-16,34H2,2-4H3/b35-20-/t19?,21?,32-/m0/s1. The minimum absolute atomic E-state index is 0.0800. The predicted molar refractivity (Wildman–Crippen MR) is 173 cm³/mol. The van der Waals surface area contributed by atoms with Crippen molar-refractivity contribution in [3.8, 4) is 23.6 Å². The molecular weight excluding hydrogens is 590 g/mol. The van der Waals surface area contributed by atoms with Gasteiger partial charge in [-0.1, -0.05) is 18.7 Å². The highest BCUT2D eigenvalue weighted by molar-refractivity contribution is 7.16. The van der Waals surface area contributed by atoms with Gasteiger partial charge in [0, 0.05) is 61.9 Å². The highest BCUT2D eigenvalue weighted by atomic mass is 32.1. The number of carbonyl (C=O) groups is 1. The number of aromatic nitrogens is 4. The van der Waals surface area contributed by atoms with Gasteiger partial charge in [0.05, 0.1) is 11.0 Å². The number of thiophene rings is 1. The van der Waals surface area contributed by atoms with Crippen molar-refractivity contribution in [1.82, 2.24) is 25.0 Å². The normalized spacial score (nSPS) is 24.5. The van der Waals surface area contributed by atoms with Crippen LogP contribution in [0, 0.1) is 17.2 Å². The number of hydrogen-bond donors (Lipinski definition) is 1. The van der Waals surface area contributed by atoms with Crippen molar-refractivity contribution in [2.45, 2.75) is 70.3 Å². The van der Waals surface area contributed by atoms with Gasteiger partial charge in [0.2, 0.25) is 17.6 Å². The summed E-state index contributed by atoms with van der Waals surface area (Å²) in [6, 6.07) is 4.39. The van der Waals surface area contributed by atoms with Gasteiger partial charge < -0.3 is 24.8 Å². The van der Waals surface area contributed by atoms with Crippen LogP contribution in [0.3, 0.4) is 0 Å². The molecule has 1 aliphatic heterocycles. The summed E-state index contributed by atoms with van der Waals surface area (Å²) in [6.45, 7) is 10.2. The summed E-state index contributed by atoms with van der Waals surface area (Å²) in [5, 5.41) is 14.8. The molecule has 2 fully saturated rings. The van der Waals surface area contributed by atoms with E-state index in [0.29, 0.717) is 65.9 Å². The number of nitriles is 1. The van der Waals surface area contributed by atoms with E-state index in [4.69, 9.17) is 29.9 Å². The maximum atomic E-state index is 12.2. The molecule has 12 nitrogen and oxygen atoms in total. The fourth-order valence-corrected chi connectivity index (χ4v) is 7.95. The van der Waals surface area contributed by atoms with Crippen molar-refractivity contribution in [3.63, 3.8) is 0 Å². The quantitative estimate of drug-likeness (QED) is 0.303. The van der Waals surface area contributed by atoms with E-state index in [1.165, 1.54) is 17.4 Å². The van der Waals surface area contributed by atoms with E-state index >= 15 is 0 Å². The minimum Gasteiger partial charge on any atom is -0.460 e. The van der Waals surface area contributed by atoms with Crippen LogP contribution in [0.2, 0.25) is 0 Å². The zero-order chi connectivity index (χ0) is 31.7. The first-order chi connectivity index (χ1) is 21.7. The smallest absolute Gasteiger partial charge is 0.319 e. The highest BCUT2D eigenvalue weighted by Crippen LogP contribution is 2.48. The summed E-state index contributed by atoms with van der Waals surface area (Å²) in [7, 11) is 1.84. The predicted octanol–water partition coefficient (Wildman–Crippen LogP) is 4.55. The SMILES string of the molecule is C=CC(=O)N1CCN(c2cc(-c3noc([C@@]4(C)CCCc5sc(N)c(C#N)c54)n3)nc(OC3C/C(=N\C)CCC(C)C3)n2)CC1. The Balaban J connectivity index is 1.35. The number of anilines is 2. The first-order valence-electron chi connectivity index (χ1n) is 15.5. The fourth-order valence-electron chi connectivity index (χ4n) is 6.76. The summed E-state index contributed by atoms with van der Waals surface area (Å²) in [6.07, 6.45) is 7.42. The van der Waals surface area contributed by atoms with E-state index in [1.54, 1.807) is 4.90 Å². The second-order valence-electron chi connectivity index (χ2n) is 12.4. The maximum absolute atomic E-state index is 12.2. The van der Waals surface area contributed by atoms with Crippen LogP contribution in [-0.2, 0) is 16.6 Å². The van der Waals surface area contributed by atoms with Gasteiger partial charge in [-0.15, -0.1) is 11.3 Å². The number of amides is 1. The number of piperazine rings is 1. The molecule has 45 heavy (non-hydrogen) atoms. The third kappa shape index (κ3) is 6.03. The van der Waals surface area contributed by atoms with E-state index < -0.39 is 5.41 Å². The number of fused-ring (bicyclic) bond motifs is 1. The molecule has 4 heterocycles. The minimum atomic E-state index is -0.645. The van der Waals surface area contributed by atoms with Crippen molar-refractivity contribution in [2.24, 2.45) is 10.9 Å². The summed E-state index contributed by atoms with van der Waals surface area (Å²) >= 11 is 1.47. The van der Waals surface area contributed by atoms with Gasteiger partial charge in [-0.25, -0.2) is 0 Å². The summed E-state index contributed by atoms with van der Waals surface area (Å²) < 4.78 is 12.4. The number of carbonyl (C=O) groups excluding carboxylic acids is 1. The third-order valence-electron chi connectivity index (χ3n) is 9.30. The van der Waals surface area contributed by atoms with Crippen molar-refractivity contribution in [3.05, 3.63) is 40.6 Å². The van der Waals surface area contributed by atoms with Gasteiger partial charge in [-0.2, -0.15) is 20.2 Å².